The zero-order valence-corrected chi connectivity index (χ0v) is 24.5. The molecule has 0 radical (unpaired) electrons. The van der Waals surface area contributed by atoms with Gasteiger partial charge in [-0.05, 0) is 99.3 Å². The normalized spacial score (nSPS) is 30.9. The molecule has 5 nitrogen and oxygen atoms in total. The number of aromatic nitrogens is 2. The third kappa shape index (κ3) is 5.06. The minimum atomic E-state index is -4.40. The van der Waals surface area contributed by atoms with Crippen molar-refractivity contribution in [3.63, 3.8) is 0 Å². The van der Waals surface area contributed by atoms with Gasteiger partial charge in [0.1, 0.15) is 5.67 Å². The molecule has 9 rings (SSSR count). The number of aryl methyl sites for hydroxylation is 1. The van der Waals surface area contributed by atoms with E-state index >= 15 is 0 Å². The molecule has 1 amide bonds. The van der Waals surface area contributed by atoms with E-state index in [4.69, 9.17) is 4.42 Å². The molecule has 0 atom stereocenters. The van der Waals surface area contributed by atoms with Crippen molar-refractivity contribution in [2.45, 2.75) is 101 Å². The highest BCUT2D eigenvalue weighted by molar-refractivity contribution is 5.95. The predicted octanol–water partition coefficient (Wildman–Crippen LogP) is 8.62. The van der Waals surface area contributed by atoms with Gasteiger partial charge in [0, 0.05) is 47.9 Å². The molecule has 228 valence electrons. The van der Waals surface area contributed by atoms with Crippen molar-refractivity contribution in [3.05, 3.63) is 65.9 Å². The number of carbonyl (C=O) groups is 1. The molecule has 6 saturated carbocycles. The van der Waals surface area contributed by atoms with Gasteiger partial charge in [0.15, 0.2) is 11.7 Å². The van der Waals surface area contributed by atoms with E-state index in [0.717, 1.165) is 68.7 Å². The molecule has 0 spiro atoms. The topological polar surface area (TPSA) is 59.2 Å². The van der Waals surface area contributed by atoms with Crippen LogP contribution in [0.3, 0.4) is 0 Å². The standard InChI is InChI=1S/C34H37F4N3O2/c1-2-4-28-40-18-26(43-28)23-5-3-6-25(15-23)41(29(42)17-31-19-33(35,20-31)21-31)22-30-8-11-32(12-9-30,13-10-30)27-16-24(7-14-39-27)34(36,37)38/h3,5-7,14-16,18H,2,4,8-13,17,19-22H2,1H3. The lowest BCUT2D eigenvalue weighted by Gasteiger charge is -2.66. The number of nitrogens with zero attached hydrogens (tertiary/aromatic N) is 3. The van der Waals surface area contributed by atoms with Gasteiger partial charge in [0.25, 0.3) is 0 Å². The fraction of sp³-hybridized carbons (Fsp3) is 0.559. The van der Waals surface area contributed by atoms with Crippen LogP contribution in [0.2, 0.25) is 0 Å². The number of anilines is 1. The lowest BCUT2D eigenvalue weighted by atomic mass is 9.41. The fourth-order valence-corrected chi connectivity index (χ4v) is 8.51. The highest BCUT2D eigenvalue weighted by Crippen LogP contribution is 2.71. The Labute approximate surface area is 249 Å². The molecule has 0 N–H and O–H groups in total. The molecular formula is C34H37F4N3O2. The van der Waals surface area contributed by atoms with E-state index in [2.05, 4.69) is 16.9 Å². The first-order valence-corrected chi connectivity index (χ1v) is 15.5. The van der Waals surface area contributed by atoms with E-state index in [1.807, 2.05) is 29.2 Å². The van der Waals surface area contributed by atoms with Crippen LogP contribution in [-0.2, 0) is 22.8 Å². The van der Waals surface area contributed by atoms with Crippen molar-refractivity contribution in [2.75, 3.05) is 11.4 Å². The first kappa shape index (κ1) is 28.5. The Balaban J connectivity index is 1.14. The van der Waals surface area contributed by atoms with E-state index < -0.39 is 17.4 Å². The number of alkyl halides is 4. The molecule has 2 aromatic heterocycles. The van der Waals surface area contributed by atoms with Crippen LogP contribution in [0.4, 0.5) is 23.2 Å². The maximum absolute atomic E-state index is 14.3. The van der Waals surface area contributed by atoms with Crippen LogP contribution < -0.4 is 4.90 Å². The van der Waals surface area contributed by atoms with Gasteiger partial charge < -0.3 is 9.32 Å². The molecule has 0 aliphatic heterocycles. The van der Waals surface area contributed by atoms with Crippen LogP contribution in [0.5, 0.6) is 0 Å². The molecule has 1 aromatic carbocycles. The summed E-state index contributed by atoms with van der Waals surface area (Å²) in [5, 5.41) is 0. The van der Waals surface area contributed by atoms with Crippen LogP contribution in [-0.4, -0.2) is 28.1 Å². The van der Waals surface area contributed by atoms with Crippen molar-refractivity contribution in [3.8, 4) is 11.3 Å². The van der Waals surface area contributed by atoms with Gasteiger partial charge in [0.2, 0.25) is 5.91 Å². The molecular weight excluding hydrogens is 558 g/mol. The molecule has 6 aliphatic carbocycles. The van der Waals surface area contributed by atoms with Crippen LogP contribution in [0.1, 0.15) is 94.7 Å². The lowest BCUT2D eigenvalue weighted by Crippen LogP contribution is -2.65. The second-order valence-electron chi connectivity index (χ2n) is 14.0. The Morgan fingerprint density at radius 2 is 1.70 bits per heavy atom. The highest BCUT2D eigenvalue weighted by atomic mass is 19.4. The number of hydrogen-bond donors (Lipinski definition) is 0. The van der Waals surface area contributed by atoms with Crippen molar-refractivity contribution in [2.24, 2.45) is 10.8 Å². The predicted molar refractivity (Wildman–Crippen MR) is 154 cm³/mol. The van der Waals surface area contributed by atoms with E-state index in [1.165, 1.54) is 12.3 Å². The number of hydrogen-bond acceptors (Lipinski definition) is 4. The minimum absolute atomic E-state index is 0.0134. The maximum atomic E-state index is 14.3. The van der Waals surface area contributed by atoms with Crippen molar-refractivity contribution in [1.82, 2.24) is 9.97 Å². The zero-order valence-electron chi connectivity index (χ0n) is 24.5. The highest BCUT2D eigenvalue weighted by Gasteiger charge is 2.69. The summed E-state index contributed by atoms with van der Waals surface area (Å²) in [6.07, 6.45) is 6.70. The lowest BCUT2D eigenvalue weighted by molar-refractivity contribution is -0.215. The summed E-state index contributed by atoms with van der Waals surface area (Å²) in [6, 6.07) is 10.1. The van der Waals surface area contributed by atoms with Crippen molar-refractivity contribution >= 4 is 11.6 Å². The van der Waals surface area contributed by atoms with E-state index in [1.54, 1.807) is 6.20 Å². The fourth-order valence-electron chi connectivity index (χ4n) is 8.51. The molecule has 0 saturated heterocycles. The van der Waals surface area contributed by atoms with Gasteiger partial charge in [-0.25, -0.2) is 9.37 Å². The number of amides is 1. The molecule has 6 fully saturated rings. The first-order valence-electron chi connectivity index (χ1n) is 15.5. The van der Waals surface area contributed by atoms with Crippen molar-refractivity contribution in [1.29, 1.82) is 0 Å². The van der Waals surface area contributed by atoms with Gasteiger partial charge in [-0.1, -0.05) is 19.1 Å². The van der Waals surface area contributed by atoms with Crippen LogP contribution >= 0.6 is 0 Å². The summed E-state index contributed by atoms with van der Waals surface area (Å²) < 4.78 is 60.7. The third-order valence-corrected chi connectivity index (χ3v) is 10.9. The number of fused-ring (bicyclic) bond motifs is 3. The molecule has 9 heteroatoms. The number of pyridine rings is 1. The minimum Gasteiger partial charge on any atom is -0.441 e. The molecule has 0 unspecified atom stereocenters. The quantitative estimate of drug-likeness (QED) is 0.233. The summed E-state index contributed by atoms with van der Waals surface area (Å²) >= 11 is 0. The van der Waals surface area contributed by atoms with Crippen LogP contribution in [0, 0.1) is 10.8 Å². The average molecular weight is 596 g/mol. The van der Waals surface area contributed by atoms with E-state index in [0.29, 0.717) is 49.6 Å². The summed E-state index contributed by atoms with van der Waals surface area (Å²) in [4.78, 5) is 24.7. The molecule has 3 aromatic rings. The third-order valence-electron chi connectivity index (χ3n) is 10.9. The molecule has 43 heavy (non-hydrogen) atoms. The zero-order chi connectivity index (χ0) is 30.1. The number of carbonyl (C=O) groups excluding carboxylic acids is 1. The van der Waals surface area contributed by atoms with Gasteiger partial charge >= 0.3 is 6.18 Å². The van der Waals surface area contributed by atoms with Crippen LogP contribution in [0.25, 0.3) is 11.3 Å². The number of benzene rings is 1. The summed E-state index contributed by atoms with van der Waals surface area (Å²) in [6.45, 7) is 2.61. The Kier molecular flexibility index (Phi) is 6.57. The second kappa shape index (κ2) is 9.89. The second-order valence-corrected chi connectivity index (χ2v) is 14.0. The van der Waals surface area contributed by atoms with Crippen LogP contribution in [0.15, 0.2) is 53.2 Å². The summed E-state index contributed by atoms with van der Waals surface area (Å²) in [7, 11) is 0. The monoisotopic (exact) mass is 595 g/mol. The smallest absolute Gasteiger partial charge is 0.416 e. The Morgan fingerprint density at radius 3 is 2.35 bits per heavy atom. The van der Waals surface area contributed by atoms with Gasteiger partial charge in [-0.3, -0.25) is 9.78 Å². The van der Waals surface area contributed by atoms with Gasteiger partial charge in [-0.2, -0.15) is 13.2 Å². The average Bonchev–Trinajstić information content (AvgIpc) is 3.44. The number of halogens is 4. The molecule has 2 heterocycles. The van der Waals surface area contributed by atoms with E-state index in [9.17, 15) is 22.4 Å². The largest absolute Gasteiger partial charge is 0.441 e. The molecule has 6 aliphatic rings. The van der Waals surface area contributed by atoms with Gasteiger partial charge in [-0.15, -0.1) is 0 Å². The number of oxazole rings is 1. The Bertz CT molecular complexity index is 1500. The maximum Gasteiger partial charge on any atom is 0.416 e. The SMILES string of the molecule is CCCc1ncc(-c2cccc(N(CC34CCC(c5cc(C(F)(F)F)ccn5)(CC3)CC4)C(=O)CC34CC(F)(C3)C4)c2)o1. The number of rotatable bonds is 9. The Hall–Kier alpha value is -3.23. The Morgan fingerprint density at radius 1 is 0.977 bits per heavy atom. The van der Waals surface area contributed by atoms with Crippen molar-refractivity contribution < 1.29 is 26.8 Å². The summed E-state index contributed by atoms with van der Waals surface area (Å²) in [5.41, 5.74) is -0.259. The summed E-state index contributed by atoms with van der Waals surface area (Å²) in [5.74, 6) is 1.35. The molecule has 4 bridgehead atoms. The van der Waals surface area contributed by atoms with Gasteiger partial charge in [0.05, 0.1) is 11.8 Å². The van der Waals surface area contributed by atoms with E-state index in [-0.39, 0.29) is 22.2 Å². The first-order chi connectivity index (χ1) is 20.4.